The molecule has 1 N–H and O–H groups in total. The molecule has 76 valence electrons. The van der Waals surface area contributed by atoms with Gasteiger partial charge in [0, 0.05) is 11.4 Å². The van der Waals surface area contributed by atoms with Crippen LogP contribution in [0.5, 0.6) is 0 Å². The van der Waals surface area contributed by atoms with E-state index in [1.165, 1.54) is 0 Å². The first kappa shape index (κ1) is 10.1. The van der Waals surface area contributed by atoms with E-state index < -0.39 is 6.10 Å². The van der Waals surface area contributed by atoms with E-state index in [1.807, 2.05) is 12.1 Å². The van der Waals surface area contributed by atoms with Crippen LogP contribution in [0.1, 0.15) is 11.3 Å². The van der Waals surface area contributed by atoms with Crippen molar-refractivity contribution < 1.29 is 9.90 Å². The van der Waals surface area contributed by atoms with Crippen LogP contribution >= 0.6 is 27.3 Å². The van der Waals surface area contributed by atoms with Gasteiger partial charge in [0.25, 0.3) is 0 Å². The second-order valence-corrected chi connectivity index (χ2v) is 5.89. The number of aliphatic hydroxyl groups is 1. The fraction of sp³-hybridized carbons (Fsp3) is 0.444. The quantitative estimate of drug-likeness (QED) is 0.891. The first-order valence-corrected chi connectivity index (χ1v) is 5.96. The summed E-state index contributed by atoms with van der Waals surface area (Å²) in [5.41, 5.74) is 0. The zero-order valence-corrected chi connectivity index (χ0v) is 9.84. The minimum absolute atomic E-state index is 0.0435. The Hall–Kier alpha value is -0.390. The largest absolute Gasteiger partial charge is 0.391 e. The molecule has 0 bridgehead atoms. The van der Waals surface area contributed by atoms with E-state index in [-0.39, 0.29) is 12.3 Å². The number of carbonyl (C=O) groups is 1. The monoisotopic (exact) mass is 275 g/mol. The van der Waals surface area contributed by atoms with Gasteiger partial charge in [-0.3, -0.25) is 4.79 Å². The maximum atomic E-state index is 11.4. The van der Waals surface area contributed by atoms with E-state index in [4.69, 9.17) is 0 Å². The van der Waals surface area contributed by atoms with Crippen LogP contribution in [0.4, 0.5) is 0 Å². The second-order valence-electron chi connectivity index (χ2n) is 3.34. The molecule has 1 fully saturated rings. The van der Waals surface area contributed by atoms with Gasteiger partial charge in [-0.15, -0.1) is 11.3 Å². The topological polar surface area (TPSA) is 40.5 Å². The lowest BCUT2D eigenvalue weighted by atomic mass is 10.3. The Bertz CT molecular complexity index is 352. The van der Waals surface area contributed by atoms with Gasteiger partial charge in [0.2, 0.25) is 5.91 Å². The molecule has 5 heteroatoms. The van der Waals surface area contributed by atoms with Crippen molar-refractivity contribution in [2.45, 2.75) is 19.1 Å². The van der Waals surface area contributed by atoms with Crippen molar-refractivity contribution in [2.24, 2.45) is 0 Å². The maximum absolute atomic E-state index is 11.4. The first-order valence-electron chi connectivity index (χ1n) is 4.35. The van der Waals surface area contributed by atoms with E-state index in [0.717, 1.165) is 8.66 Å². The number of rotatable bonds is 2. The summed E-state index contributed by atoms with van der Waals surface area (Å²) in [5.74, 6) is 0.0435. The zero-order valence-electron chi connectivity index (χ0n) is 7.44. The number of aliphatic hydroxyl groups excluding tert-OH is 1. The van der Waals surface area contributed by atoms with Gasteiger partial charge in [-0.25, -0.2) is 0 Å². The second kappa shape index (κ2) is 4.00. The highest BCUT2D eigenvalue weighted by Gasteiger charge is 2.27. The summed E-state index contributed by atoms with van der Waals surface area (Å²) in [4.78, 5) is 14.2. The molecule has 0 aliphatic carbocycles. The normalized spacial score (nSPS) is 22.0. The van der Waals surface area contributed by atoms with Gasteiger partial charge >= 0.3 is 0 Å². The van der Waals surface area contributed by atoms with E-state index in [2.05, 4.69) is 15.9 Å². The van der Waals surface area contributed by atoms with E-state index in [9.17, 15) is 9.90 Å². The molecule has 0 aromatic carbocycles. The minimum Gasteiger partial charge on any atom is -0.391 e. The molecular weight excluding hydrogens is 266 g/mol. The summed E-state index contributed by atoms with van der Waals surface area (Å²) in [6, 6.07) is 3.96. The van der Waals surface area contributed by atoms with Gasteiger partial charge in [-0.2, -0.15) is 0 Å². The third kappa shape index (κ3) is 2.16. The van der Waals surface area contributed by atoms with Gasteiger partial charge in [-0.1, -0.05) is 0 Å². The molecule has 0 saturated carbocycles. The standard InChI is InChI=1S/C9H10BrNO2S/c10-8-2-1-7(14-8)5-11-4-6(12)3-9(11)13/h1-2,6,12H,3-5H2. The number of hydrogen-bond acceptors (Lipinski definition) is 3. The Morgan fingerprint density at radius 2 is 2.43 bits per heavy atom. The Balaban J connectivity index is 2.01. The van der Waals surface area contributed by atoms with E-state index in [0.29, 0.717) is 13.1 Å². The van der Waals surface area contributed by atoms with Gasteiger partial charge < -0.3 is 10.0 Å². The number of likely N-dealkylation sites (tertiary alicyclic amines) is 1. The molecule has 0 spiro atoms. The molecule has 3 nitrogen and oxygen atoms in total. The van der Waals surface area contributed by atoms with Crippen LogP contribution in [-0.4, -0.2) is 28.6 Å². The predicted octanol–water partition coefficient (Wildman–Crippen LogP) is 1.60. The summed E-state index contributed by atoms with van der Waals surface area (Å²) in [5, 5.41) is 9.28. The third-order valence-electron chi connectivity index (χ3n) is 2.17. The molecule has 1 aliphatic rings. The van der Waals surface area contributed by atoms with Crippen molar-refractivity contribution >= 4 is 33.2 Å². The fourth-order valence-electron chi connectivity index (χ4n) is 1.53. The molecule has 14 heavy (non-hydrogen) atoms. The molecule has 1 atom stereocenters. The van der Waals surface area contributed by atoms with Crippen LogP contribution in [0.2, 0.25) is 0 Å². The average Bonchev–Trinajstić information content (AvgIpc) is 2.61. The van der Waals surface area contributed by atoms with Gasteiger partial charge in [0.05, 0.1) is 22.9 Å². The van der Waals surface area contributed by atoms with Gasteiger partial charge in [-0.05, 0) is 28.1 Å². The Morgan fingerprint density at radius 1 is 1.64 bits per heavy atom. The van der Waals surface area contributed by atoms with Crippen LogP contribution in [0.25, 0.3) is 0 Å². The van der Waals surface area contributed by atoms with Crippen LogP contribution < -0.4 is 0 Å². The third-order valence-corrected chi connectivity index (χ3v) is 3.78. The zero-order chi connectivity index (χ0) is 10.1. The molecule has 1 aromatic rings. The highest BCUT2D eigenvalue weighted by molar-refractivity contribution is 9.11. The molecule has 1 aliphatic heterocycles. The molecule has 0 radical (unpaired) electrons. The molecule has 1 saturated heterocycles. The van der Waals surface area contributed by atoms with Crippen LogP contribution in [0, 0.1) is 0 Å². The number of halogens is 1. The lowest BCUT2D eigenvalue weighted by Crippen LogP contribution is -2.24. The number of nitrogens with zero attached hydrogens (tertiary/aromatic N) is 1. The molecule has 2 heterocycles. The maximum Gasteiger partial charge on any atom is 0.225 e. The molecule has 2 rings (SSSR count). The first-order chi connectivity index (χ1) is 6.65. The number of amides is 1. The van der Waals surface area contributed by atoms with Crippen LogP contribution in [-0.2, 0) is 11.3 Å². The number of β-amino-alcohol motifs (C(OH)–C–C–N with tert-alkyl or cyclic N) is 1. The highest BCUT2D eigenvalue weighted by Crippen LogP contribution is 2.24. The van der Waals surface area contributed by atoms with Crippen molar-refractivity contribution in [3.63, 3.8) is 0 Å². The minimum atomic E-state index is -0.481. The lowest BCUT2D eigenvalue weighted by Gasteiger charge is -2.13. The number of carbonyl (C=O) groups excluding carboxylic acids is 1. The molecule has 1 aromatic heterocycles. The summed E-state index contributed by atoms with van der Waals surface area (Å²) < 4.78 is 1.07. The average molecular weight is 276 g/mol. The molecule has 1 unspecified atom stereocenters. The lowest BCUT2D eigenvalue weighted by molar-refractivity contribution is -0.128. The van der Waals surface area contributed by atoms with Crippen molar-refractivity contribution in [3.8, 4) is 0 Å². The summed E-state index contributed by atoms with van der Waals surface area (Å²) in [6.45, 7) is 1.08. The number of thiophene rings is 1. The summed E-state index contributed by atoms with van der Waals surface area (Å²) in [6.07, 6.45) is -0.210. The molecular formula is C9H10BrNO2S. The van der Waals surface area contributed by atoms with Gasteiger partial charge in [0.15, 0.2) is 0 Å². The van der Waals surface area contributed by atoms with Crippen LogP contribution in [0.3, 0.4) is 0 Å². The van der Waals surface area contributed by atoms with Crippen molar-refractivity contribution in [1.29, 1.82) is 0 Å². The Kier molecular flexibility index (Phi) is 2.90. The number of hydrogen-bond donors (Lipinski definition) is 1. The Labute approximate surface area is 94.5 Å². The Morgan fingerprint density at radius 3 is 2.93 bits per heavy atom. The van der Waals surface area contributed by atoms with Crippen molar-refractivity contribution in [3.05, 3.63) is 20.8 Å². The van der Waals surface area contributed by atoms with E-state index in [1.54, 1.807) is 16.2 Å². The van der Waals surface area contributed by atoms with Crippen LogP contribution in [0.15, 0.2) is 15.9 Å². The summed E-state index contributed by atoms with van der Waals surface area (Å²) in [7, 11) is 0. The van der Waals surface area contributed by atoms with Crippen molar-refractivity contribution in [1.82, 2.24) is 4.90 Å². The predicted molar refractivity (Wildman–Crippen MR) is 58.1 cm³/mol. The van der Waals surface area contributed by atoms with E-state index >= 15 is 0 Å². The van der Waals surface area contributed by atoms with Gasteiger partial charge in [0.1, 0.15) is 0 Å². The SMILES string of the molecule is O=C1CC(O)CN1Cc1ccc(Br)s1. The summed E-state index contributed by atoms with van der Waals surface area (Å²) >= 11 is 4.99. The molecule has 1 amide bonds. The smallest absolute Gasteiger partial charge is 0.225 e. The highest BCUT2D eigenvalue weighted by atomic mass is 79.9. The van der Waals surface area contributed by atoms with Crippen molar-refractivity contribution in [2.75, 3.05) is 6.54 Å². The fourth-order valence-corrected chi connectivity index (χ4v) is 3.03.